The van der Waals surface area contributed by atoms with Crippen LogP contribution >= 0.6 is 15.9 Å². The number of Topliss-reactive ketones (excluding diaryl/α,β-unsaturated/α-hetero) is 1. The van der Waals surface area contributed by atoms with Gasteiger partial charge in [0.15, 0.2) is 5.78 Å². The Labute approximate surface area is 106 Å². The minimum atomic E-state index is -1.04. The zero-order chi connectivity index (χ0) is 13.2. The van der Waals surface area contributed by atoms with E-state index in [1.807, 2.05) is 0 Å². The van der Waals surface area contributed by atoms with Crippen LogP contribution in [0.1, 0.15) is 24.2 Å². The molecule has 0 aliphatic heterocycles. The van der Waals surface area contributed by atoms with Crippen LogP contribution in [0.2, 0.25) is 0 Å². The number of nitriles is 1. The maximum atomic E-state index is 13.5. The van der Waals surface area contributed by atoms with Crippen molar-refractivity contribution < 1.29 is 13.6 Å². The van der Waals surface area contributed by atoms with Crippen molar-refractivity contribution in [1.82, 2.24) is 0 Å². The van der Waals surface area contributed by atoms with Gasteiger partial charge in [0.25, 0.3) is 0 Å². The summed E-state index contributed by atoms with van der Waals surface area (Å²) in [6, 6.07) is 3.78. The second-order valence-electron chi connectivity index (χ2n) is 3.96. The molecule has 2 nitrogen and oxygen atoms in total. The first-order chi connectivity index (χ1) is 7.88. The molecule has 0 spiro atoms. The summed E-state index contributed by atoms with van der Waals surface area (Å²) in [7, 11) is 0. The highest BCUT2D eigenvalue weighted by Crippen LogP contribution is 2.24. The summed E-state index contributed by atoms with van der Waals surface area (Å²) in [6.07, 6.45) is 0. The summed E-state index contributed by atoms with van der Waals surface area (Å²) < 4.78 is 27.3. The normalized spacial score (nSPS) is 12.3. The number of hydrogen-bond acceptors (Lipinski definition) is 2. The van der Waals surface area contributed by atoms with Crippen LogP contribution in [0.4, 0.5) is 8.78 Å². The van der Waals surface area contributed by atoms with Crippen LogP contribution in [0.15, 0.2) is 16.6 Å². The third kappa shape index (κ3) is 2.89. The van der Waals surface area contributed by atoms with Gasteiger partial charge in [-0.1, -0.05) is 29.8 Å². The van der Waals surface area contributed by atoms with E-state index in [-0.39, 0.29) is 10.4 Å². The molecule has 0 bridgehead atoms. The Morgan fingerprint density at radius 2 is 1.82 bits per heavy atom. The molecule has 0 fully saturated rings. The molecule has 1 aromatic carbocycles. The molecule has 0 aliphatic carbocycles. The Balaban J connectivity index is 3.26. The van der Waals surface area contributed by atoms with E-state index < -0.39 is 28.9 Å². The maximum Gasteiger partial charge on any atom is 0.186 e. The lowest BCUT2D eigenvalue weighted by Crippen LogP contribution is -2.21. The molecule has 1 unspecified atom stereocenters. The highest BCUT2D eigenvalue weighted by Gasteiger charge is 2.28. The maximum absolute atomic E-state index is 13.5. The van der Waals surface area contributed by atoms with Crippen LogP contribution in [-0.4, -0.2) is 5.78 Å². The molecule has 1 rings (SSSR count). The Kier molecular flexibility index (Phi) is 4.35. The summed E-state index contributed by atoms with van der Waals surface area (Å²) in [6.45, 7) is 3.31. The van der Waals surface area contributed by atoms with Gasteiger partial charge in [-0.05, 0) is 18.1 Å². The monoisotopic (exact) mass is 301 g/mol. The van der Waals surface area contributed by atoms with Gasteiger partial charge in [-0.3, -0.25) is 4.79 Å². The smallest absolute Gasteiger partial charge is 0.186 e. The molecule has 0 aromatic heterocycles. The largest absolute Gasteiger partial charge is 0.292 e. The third-order valence-electron chi connectivity index (χ3n) is 2.34. The Morgan fingerprint density at radius 3 is 2.18 bits per heavy atom. The van der Waals surface area contributed by atoms with Gasteiger partial charge in [0.1, 0.15) is 17.6 Å². The van der Waals surface area contributed by atoms with Crippen molar-refractivity contribution in [1.29, 1.82) is 5.26 Å². The molecule has 0 heterocycles. The van der Waals surface area contributed by atoms with E-state index in [1.165, 1.54) is 0 Å². The molecule has 90 valence electrons. The Hall–Kier alpha value is -1.28. The van der Waals surface area contributed by atoms with E-state index >= 15 is 0 Å². The van der Waals surface area contributed by atoms with Crippen LogP contribution in [0, 0.1) is 34.8 Å². The van der Waals surface area contributed by atoms with E-state index in [4.69, 9.17) is 5.26 Å². The van der Waals surface area contributed by atoms with Crippen molar-refractivity contribution in [2.45, 2.75) is 13.8 Å². The molecule has 0 N–H and O–H groups in total. The van der Waals surface area contributed by atoms with E-state index in [0.717, 1.165) is 12.1 Å². The SMILES string of the molecule is CC(C)C(C#N)C(=O)c1c(F)cc(Br)cc1F. The zero-order valence-electron chi connectivity index (χ0n) is 9.30. The van der Waals surface area contributed by atoms with Crippen molar-refractivity contribution in [3.05, 3.63) is 33.8 Å². The zero-order valence-corrected chi connectivity index (χ0v) is 10.9. The summed E-state index contributed by atoms with van der Waals surface area (Å²) in [4.78, 5) is 11.9. The van der Waals surface area contributed by atoms with Gasteiger partial charge in [-0.15, -0.1) is 0 Å². The van der Waals surface area contributed by atoms with Crippen LogP contribution in [0.25, 0.3) is 0 Å². The summed E-state index contributed by atoms with van der Waals surface area (Å²) in [5.74, 6) is -4.06. The van der Waals surface area contributed by atoms with Crippen molar-refractivity contribution in [2.75, 3.05) is 0 Å². The van der Waals surface area contributed by atoms with E-state index in [0.29, 0.717) is 0 Å². The summed E-state index contributed by atoms with van der Waals surface area (Å²) in [5.41, 5.74) is -0.645. The average Bonchev–Trinajstić information content (AvgIpc) is 2.15. The van der Waals surface area contributed by atoms with Crippen LogP contribution in [0.5, 0.6) is 0 Å². The molecule has 0 amide bonds. The lowest BCUT2D eigenvalue weighted by molar-refractivity contribution is 0.0916. The first-order valence-electron chi connectivity index (χ1n) is 4.96. The Morgan fingerprint density at radius 1 is 1.35 bits per heavy atom. The fourth-order valence-electron chi connectivity index (χ4n) is 1.44. The van der Waals surface area contributed by atoms with Crippen LogP contribution in [0.3, 0.4) is 0 Å². The molecule has 17 heavy (non-hydrogen) atoms. The number of rotatable bonds is 3. The van der Waals surface area contributed by atoms with E-state index in [2.05, 4.69) is 15.9 Å². The fraction of sp³-hybridized carbons (Fsp3) is 0.333. The minimum Gasteiger partial charge on any atom is -0.292 e. The topological polar surface area (TPSA) is 40.9 Å². The van der Waals surface area contributed by atoms with Gasteiger partial charge in [-0.25, -0.2) is 8.78 Å². The van der Waals surface area contributed by atoms with Gasteiger partial charge in [0, 0.05) is 4.47 Å². The van der Waals surface area contributed by atoms with Crippen molar-refractivity contribution in [3.63, 3.8) is 0 Å². The minimum absolute atomic E-state index is 0.210. The molecule has 1 aromatic rings. The van der Waals surface area contributed by atoms with Gasteiger partial charge < -0.3 is 0 Å². The van der Waals surface area contributed by atoms with E-state index in [9.17, 15) is 13.6 Å². The Bertz CT molecular complexity index is 471. The average molecular weight is 302 g/mol. The van der Waals surface area contributed by atoms with Crippen molar-refractivity contribution in [3.8, 4) is 6.07 Å². The van der Waals surface area contributed by atoms with Gasteiger partial charge in [0.2, 0.25) is 0 Å². The quantitative estimate of drug-likeness (QED) is 0.799. The first kappa shape index (κ1) is 13.8. The number of hydrogen-bond donors (Lipinski definition) is 0. The fourth-order valence-corrected chi connectivity index (χ4v) is 1.85. The van der Waals surface area contributed by atoms with Crippen LogP contribution < -0.4 is 0 Å². The molecule has 0 aliphatic rings. The molecule has 1 atom stereocenters. The number of benzene rings is 1. The highest BCUT2D eigenvalue weighted by molar-refractivity contribution is 9.10. The predicted octanol–water partition coefficient (Wildman–Crippen LogP) is 3.71. The number of carbonyl (C=O) groups excluding carboxylic acids is 1. The van der Waals surface area contributed by atoms with Crippen LogP contribution in [-0.2, 0) is 0 Å². The number of carbonyl (C=O) groups is 1. The second-order valence-corrected chi connectivity index (χ2v) is 4.88. The lowest BCUT2D eigenvalue weighted by Gasteiger charge is -2.12. The first-order valence-corrected chi connectivity index (χ1v) is 5.76. The highest BCUT2D eigenvalue weighted by atomic mass is 79.9. The second kappa shape index (κ2) is 5.37. The molecule has 0 radical (unpaired) electrons. The number of halogens is 3. The van der Waals surface area contributed by atoms with Crippen molar-refractivity contribution in [2.24, 2.45) is 11.8 Å². The molecule has 0 saturated carbocycles. The molecular weight excluding hydrogens is 292 g/mol. The van der Waals surface area contributed by atoms with Gasteiger partial charge >= 0.3 is 0 Å². The summed E-state index contributed by atoms with van der Waals surface area (Å²) >= 11 is 2.92. The molecular formula is C12H10BrF2NO. The lowest BCUT2D eigenvalue weighted by atomic mass is 9.89. The third-order valence-corrected chi connectivity index (χ3v) is 2.80. The van der Waals surface area contributed by atoms with Gasteiger partial charge in [-0.2, -0.15) is 5.26 Å². The number of nitrogens with zero attached hydrogens (tertiary/aromatic N) is 1. The van der Waals surface area contributed by atoms with Gasteiger partial charge in [0.05, 0.1) is 11.6 Å². The molecule has 0 saturated heterocycles. The summed E-state index contributed by atoms with van der Waals surface area (Å²) in [5, 5.41) is 8.84. The standard InChI is InChI=1S/C12H10BrF2NO/c1-6(2)8(5-16)12(17)11-9(14)3-7(13)4-10(11)15/h3-4,6,8H,1-2H3. The number of ketones is 1. The van der Waals surface area contributed by atoms with E-state index in [1.54, 1.807) is 19.9 Å². The molecule has 5 heteroatoms. The predicted molar refractivity (Wildman–Crippen MR) is 62.3 cm³/mol. The van der Waals surface area contributed by atoms with Crippen molar-refractivity contribution >= 4 is 21.7 Å².